The number of nitrogens with one attached hydrogen (secondary N) is 1. The van der Waals surface area contributed by atoms with Crippen LogP contribution in [0.2, 0.25) is 0 Å². The number of hydrogen-bond acceptors (Lipinski definition) is 4. The Hall–Kier alpha value is -1.27. The van der Waals surface area contributed by atoms with Crippen molar-refractivity contribution in [3.05, 3.63) is 28.0 Å². The van der Waals surface area contributed by atoms with Gasteiger partial charge in [0, 0.05) is 17.5 Å². The van der Waals surface area contributed by atoms with Gasteiger partial charge in [0.05, 0.1) is 4.88 Å². The summed E-state index contributed by atoms with van der Waals surface area (Å²) in [5, 5.41) is 11.4. The van der Waals surface area contributed by atoms with E-state index in [0.717, 1.165) is 23.8 Å². The zero-order valence-corrected chi connectivity index (χ0v) is 13.8. The summed E-state index contributed by atoms with van der Waals surface area (Å²) in [5.41, 5.74) is 0. The van der Waals surface area contributed by atoms with Crippen molar-refractivity contribution in [1.29, 1.82) is 0 Å². The lowest BCUT2D eigenvalue weighted by Gasteiger charge is -2.03. The molecule has 0 aromatic carbocycles. The highest BCUT2D eigenvalue weighted by Gasteiger charge is 2.07. The van der Waals surface area contributed by atoms with Crippen molar-refractivity contribution in [3.63, 3.8) is 0 Å². The van der Waals surface area contributed by atoms with Gasteiger partial charge in [-0.15, -0.1) is 11.3 Å². The number of carboxylic acids is 1. The van der Waals surface area contributed by atoms with Crippen LogP contribution in [0.15, 0.2) is 18.2 Å². The molecule has 0 aliphatic carbocycles. The largest absolute Gasteiger partial charge is 0.478 e. The second-order valence-corrected chi connectivity index (χ2v) is 6.64. The van der Waals surface area contributed by atoms with Gasteiger partial charge < -0.3 is 10.4 Å². The molecule has 1 heterocycles. The van der Waals surface area contributed by atoms with Gasteiger partial charge in [-0.1, -0.05) is 12.8 Å². The molecule has 0 unspecified atom stereocenters. The molecule has 1 aromatic rings. The molecular weight excluding hydrogens is 306 g/mol. The number of aliphatic carboxylic acids is 1. The first-order valence-corrected chi connectivity index (χ1v) is 9.12. The average Bonchev–Trinajstić information content (AvgIpc) is 2.93. The highest BCUT2D eigenvalue weighted by Crippen LogP contribution is 2.17. The van der Waals surface area contributed by atoms with Crippen molar-refractivity contribution in [2.75, 3.05) is 18.6 Å². The number of hydrogen-bond donors (Lipinski definition) is 2. The summed E-state index contributed by atoms with van der Waals surface area (Å²) >= 11 is 3.16. The first-order valence-electron chi connectivity index (χ1n) is 6.91. The molecule has 0 spiro atoms. The molecule has 0 saturated heterocycles. The van der Waals surface area contributed by atoms with Crippen LogP contribution >= 0.6 is 23.1 Å². The molecule has 116 valence electrons. The zero-order valence-electron chi connectivity index (χ0n) is 12.1. The molecule has 0 aliphatic rings. The van der Waals surface area contributed by atoms with Crippen molar-refractivity contribution < 1.29 is 14.7 Å². The van der Waals surface area contributed by atoms with Gasteiger partial charge in [0.25, 0.3) is 5.91 Å². The number of unbranched alkanes of at least 4 members (excludes halogenated alkanes) is 3. The fourth-order valence-electron chi connectivity index (χ4n) is 1.73. The van der Waals surface area contributed by atoms with E-state index in [1.807, 2.05) is 11.8 Å². The monoisotopic (exact) mass is 327 g/mol. The van der Waals surface area contributed by atoms with E-state index in [1.165, 1.54) is 36.0 Å². The second kappa shape index (κ2) is 10.5. The highest BCUT2D eigenvalue weighted by atomic mass is 32.2. The lowest BCUT2D eigenvalue weighted by molar-refractivity contribution is -0.131. The Morgan fingerprint density at radius 1 is 1.29 bits per heavy atom. The summed E-state index contributed by atoms with van der Waals surface area (Å²) in [5.74, 6) is 0.128. The minimum atomic E-state index is -0.990. The maximum atomic E-state index is 11.9. The van der Waals surface area contributed by atoms with Gasteiger partial charge in [-0.3, -0.25) is 4.79 Å². The molecule has 1 aromatic heterocycles. The molecule has 6 heteroatoms. The molecule has 0 saturated carbocycles. The summed E-state index contributed by atoms with van der Waals surface area (Å²) < 4.78 is 0. The number of thiophene rings is 1. The van der Waals surface area contributed by atoms with Crippen LogP contribution in [0.25, 0.3) is 6.08 Å². The van der Waals surface area contributed by atoms with Gasteiger partial charge in [0.2, 0.25) is 0 Å². The van der Waals surface area contributed by atoms with Gasteiger partial charge in [0.15, 0.2) is 0 Å². The topological polar surface area (TPSA) is 66.4 Å². The second-order valence-electron chi connectivity index (χ2n) is 4.54. The van der Waals surface area contributed by atoms with Crippen LogP contribution in [0.4, 0.5) is 0 Å². The van der Waals surface area contributed by atoms with Gasteiger partial charge in [0.1, 0.15) is 0 Å². The van der Waals surface area contributed by atoms with Crippen LogP contribution in [0.3, 0.4) is 0 Å². The highest BCUT2D eigenvalue weighted by molar-refractivity contribution is 7.98. The third kappa shape index (κ3) is 7.92. The number of carbonyl (C=O) groups is 2. The number of amides is 1. The summed E-state index contributed by atoms with van der Waals surface area (Å²) in [6.45, 7) is 0.691. The van der Waals surface area contributed by atoms with E-state index >= 15 is 0 Å². The fraction of sp³-hybridized carbons (Fsp3) is 0.467. The van der Waals surface area contributed by atoms with Crippen molar-refractivity contribution >= 4 is 41.1 Å². The first kappa shape index (κ1) is 17.8. The summed E-state index contributed by atoms with van der Waals surface area (Å²) in [7, 11) is 0. The van der Waals surface area contributed by atoms with E-state index in [4.69, 9.17) is 5.11 Å². The molecule has 2 N–H and O–H groups in total. The van der Waals surface area contributed by atoms with Crippen LogP contribution in [0.1, 0.15) is 40.2 Å². The third-order valence-corrected chi connectivity index (χ3v) is 4.55. The van der Waals surface area contributed by atoms with Crippen molar-refractivity contribution in [3.8, 4) is 0 Å². The Morgan fingerprint density at radius 3 is 2.76 bits per heavy atom. The Morgan fingerprint density at radius 2 is 2.05 bits per heavy atom. The molecule has 0 bridgehead atoms. The smallest absolute Gasteiger partial charge is 0.328 e. The number of carbonyl (C=O) groups excluding carboxylic acids is 1. The first-order chi connectivity index (χ1) is 10.1. The fourth-order valence-corrected chi connectivity index (χ4v) is 3.05. The Labute approximate surface area is 133 Å². The molecule has 1 amide bonds. The normalized spacial score (nSPS) is 10.9. The number of rotatable bonds is 10. The predicted octanol–water partition coefficient (Wildman–Crippen LogP) is 3.50. The third-order valence-electron chi connectivity index (χ3n) is 2.80. The molecule has 21 heavy (non-hydrogen) atoms. The van der Waals surface area contributed by atoms with Gasteiger partial charge in [-0.05, 0) is 43.1 Å². The number of thioether (sulfide) groups is 1. The van der Waals surface area contributed by atoms with E-state index < -0.39 is 5.97 Å². The lowest BCUT2D eigenvalue weighted by Crippen LogP contribution is -2.23. The molecule has 0 atom stereocenters. The standard InChI is InChI=1S/C15H21NO3S2/c1-20-11-5-3-2-4-10-16-15(19)13-8-6-12(21-13)7-9-14(17)18/h6-9H,2-5,10-11H2,1H3,(H,16,19)(H,17,18)/b9-7+. The Bertz CT molecular complexity index is 483. The van der Waals surface area contributed by atoms with E-state index in [1.54, 1.807) is 12.1 Å². The van der Waals surface area contributed by atoms with E-state index in [9.17, 15) is 9.59 Å². The zero-order chi connectivity index (χ0) is 15.5. The maximum Gasteiger partial charge on any atom is 0.328 e. The minimum Gasteiger partial charge on any atom is -0.478 e. The van der Waals surface area contributed by atoms with Crippen LogP contribution in [0.5, 0.6) is 0 Å². The SMILES string of the molecule is CSCCCCCCNC(=O)c1ccc(/C=C/C(=O)O)s1. The summed E-state index contributed by atoms with van der Waals surface area (Å²) in [6, 6.07) is 3.47. The number of carboxylic acid groups (broad SMARTS) is 1. The van der Waals surface area contributed by atoms with Crippen molar-refractivity contribution in [2.24, 2.45) is 0 Å². The lowest BCUT2D eigenvalue weighted by atomic mass is 10.2. The summed E-state index contributed by atoms with van der Waals surface area (Å²) in [4.78, 5) is 23.7. The van der Waals surface area contributed by atoms with Crippen molar-refractivity contribution in [1.82, 2.24) is 5.32 Å². The molecule has 4 nitrogen and oxygen atoms in total. The predicted molar refractivity (Wildman–Crippen MR) is 90.2 cm³/mol. The van der Waals surface area contributed by atoms with Crippen LogP contribution < -0.4 is 5.32 Å². The van der Waals surface area contributed by atoms with Crippen molar-refractivity contribution in [2.45, 2.75) is 25.7 Å². The van der Waals surface area contributed by atoms with Crippen LogP contribution in [0, 0.1) is 0 Å². The summed E-state index contributed by atoms with van der Waals surface area (Å²) in [6.07, 6.45) is 9.26. The van der Waals surface area contributed by atoms with E-state index in [-0.39, 0.29) is 5.91 Å². The van der Waals surface area contributed by atoms with Gasteiger partial charge in [-0.25, -0.2) is 4.79 Å². The van der Waals surface area contributed by atoms with E-state index in [0.29, 0.717) is 11.4 Å². The molecule has 0 aliphatic heterocycles. The molecule has 0 radical (unpaired) electrons. The Kier molecular flexibility index (Phi) is 8.85. The molecule has 0 fully saturated rings. The minimum absolute atomic E-state index is 0.0842. The van der Waals surface area contributed by atoms with Gasteiger partial charge >= 0.3 is 5.97 Å². The molecular formula is C15H21NO3S2. The van der Waals surface area contributed by atoms with Crippen LogP contribution in [-0.4, -0.2) is 35.5 Å². The molecule has 1 rings (SSSR count). The van der Waals surface area contributed by atoms with E-state index in [2.05, 4.69) is 11.6 Å². The Balaban J connectivity index is 2.24. The quantitative estimate of drug-likeness (QED) is 0.510. The maximum absolute atomic E-state index is 11.9. The average molecular weight is 327 g/mol. The van der Waals surface area contributed by atoms with Crippen LogP contribution in [-0.2, 0) is 4.79 Å². The van der Waals surface area contributed by atoms with Gasteiger partial charge in [-0.2, -0.15) is 11.8 Å².